The molecule has 0 saturated heterocycles. The van der Waals surface area contributed by atoms with Gasteiger partial charge in [-0.2, -0.15) is 0 Å². The Morgan fingerprint density at radius 2 is 1.71 bits per heavy atom. The first kappa shape index (κ1) is 11.7. The van der Waals surface area contributed by atoms with Crippen LogP contribution in [-0.4, -0.2) is 11.7 Å². The normalized spacial score (nSPS) is 12.1. The SMILES string of the molecule is CC(CO)c1cccc(Oc2ccccc2)c1. The van der Waals surface area contributed by atoms with Gasteiger partial charge in [-0.15, -0.1) is 0 Å². The smallest absolute Gasteiger partial charge is 0.127 e. The Balaban J connectivity index is 2.17. The summed E-state index contributed by atoms with van der Waals surface area (Å²) in [6.45, 7) is 2.14. The van der Waals surface area contributed by atoms with Crippen molar-refractivity contribution in [3.05, 3.63) is 60.2 Å². The van der Waals surface area contributed by atoms with Crippen molar-refractivity contribution in [3.63, 3.8) is 0 Å². The van der Waals surface area contributed by atoms with Crippen molar-refractivity contribution >= 4 is 0 Å². The van der Waals surface area contributed by atoms with Crippen LogP contribution in [0.15, 0.2) is 54.6 Å². The molecule has 0 amide bonds. The lowest BCUT2D eigenvalue weighted by Crippen LogP contribution is -1.98. The van der Waals surface area contributed by atoms with Crippen LogP contribution in [0, 0.1) is 0 Å². The van der Waals surface area contributed by atoms with Crippen LogP contribution in [0.2, 0.25) is 0 Å². The summed E-state index contributed by atoms with van der Waals surface area (Å²) in [6, 6.07) is 17.5. The predicted octanol–water partition coefficient (Wildman–Crippen LogP) is 3.57. The molecule has 0 aliphatic heterocycles. The van der Waals surface area contributed by atoms with Crippen LogP contribution in [0.25, 0.3) is 0 Å². The first-order chi connectivity index (χ1) is 8.29. The molecule has 1 unspecified atom stereocenters. The molecule has 2 rings (SSSR count). The van der Waals surface area contributed by atoms with Gasteiger partial charge in [0.25, 0.3) is 0 Å². The van der Waals surface area contributed by atoms with E-state index in [9.17, 15) is 0 Å². The molecule has 17 heavy (non-hydrogen) atoms. The minimum absolute atomic E-state index is 0.134. The molecular formula is C15H16O2. The number of para-hydroxylation sites is 1. The maximum Gasteiger partial charge on any atom is 0.127 e. The van der Waals surface area contributed by atoms with Gasteiger partial charge in [0.1, 0.15) is 11.5 Å². The molecule has 0 aliphatic carbocycles. The molecule has 2 aromatic rings. The number of ether oxygens (including phenoxy) is 1. The van der Waals surface area contributed by atoms with E-state index in [0.717, 1.165) is 17.1 Å². The fourth-order valence-corrected chi connectivity index (χ4v) is 1.61. The highest BCUT2D eigenvalue weighted by atomic mass is 16.5. The van der Waals surface area contributed by atoms with E-state index in [1.165, 1.54) is 0 Å². The van der Waals surface area contributed by atoms with Gasteiger partial charge in [0.2, 0.25) is 0 Å². The number of rotatable bonds is 4. The summed E-state index contributed by atoms with van der Waals surface area (Å²) in [5, 5.41) is 9.13. The molecule has 88 valence electrons. The van der Waals surface area contributed by atoms with Crippen molar-refractivity contribution in [2.24, 2.45) is 0 Å². The van der Waals surface area contributed by atoms with Gasteiger partial charge in [0.05, 0.1) is 0 Å². The van der Waals surface area contributed by atoms with Crippen LogP contribution in [-0.2, 0) is 0 Å². The second kappa shape index (κ2) is 5.51. The fourth-order valence-electron chi connectivity index (χ4n) is 1.61. The summed E-state index contributed by atoms with van der Waals surface area (Å²) in [5.41, 5.74) is 1.08. The first-order valence-electron chi connectivity index (χ1n) is 5.73. The summed E-state index contributed by atoms with van der Waals surface area (Å²) in [6.07, 6.45) is 0. The van der Waals surface area contributed by atoms with Crippen LogP contribution in [0.5, 0.6) is 11.5 Å². The van der Waals surface area contributed by atoms with Crippen molar-refractivity contribution in [3.8, 4) is 11.5 Å². The minimum Gasteiger partial charge on any atom is -0.457 e. The summed E-state index contributed by atoms with van der Waals surface area (Å²) in [5.74, 6) is 1.75. The van der Waals surface area contributed by atoms with Crippen molar-refractivity contribution < 1.29 is 9.84 Å². The Kier molecular flexibility index (Phi) is 3.78. The zero-order valence-corrected chi connectivity index (χ0v) is 9.84. The lowest BCUT2D eigenvalue weighted by molar-refractivity contribution is 0.273. The molecular weight excluding hydrogens is 212 g/mol. The van der Waals surface area contributed by atoms with E-state index in [-0.39, 0.29) is 12.5 Å². The highest BCUT2D eigenvalue weighted by Gasteiger charge is 2.05. The lowest BCUT2D eigenvalue weighted by Gasteiger charge is -2.11. The molecule has 1 atom stereocenters. The van der Waals surface area contributed by atoms with E-state index in [0.29, 0.717) is 0 Å². The highest BCUT2D eigenvalue weighted by Crippen LogP contribution is 2.24. The van der Waals surface area contributed by atoms with Gasteiger partial charge < -0.3 is 9.84 Å². The Morgan fingerprint density at radius 1 is 1.00 bits per heavy atom. The van der Waals surface area contributed by atoms with E-state index < -0.39 is 0 Å². The topological polar surface area (TPSA) is 29.5 Å². The molecule has 0 aromatic heterocycles. The summed E-state index contributed by atoms with van der Waals surface area (Å²) in [7, 11) is 0. The second-order valence-corrected chi connectivity index (χ2v) is 4.07. The third kappa shape index (κ3) is 3.08. The predicted molar refractivity (Wildman–Crippen MR) is 68.5 cm³/mol. The van der Waals surface area contributed by atoms with Crippen LogP contribution in [0.3, 0.4) is 0 Å². The summed E-state index contributed by atoms with van der Waals surface area (Å²) in [4.78, 5) is 0. The Morgan fingerprint density at radius 3 is 2.41 bits per heavy atom. The average molecular weight is 228 g/mol. The number of hydrogen-bond donors (Lipinski definition) is 1. The van der Waals surface area contributed by atoms with Crippen LogP contribution in [0.1, 0.15) is 18.4 Å². The van der Waals surface area contributed by atoms with Gasteiger partial charge in [-0.3, -0.25) is 0 Å². The van der Waals surface area contributed by atoms with E-state index in [4.69, 9.17) is 9.84 Å². The zero-order valence-electron chi connectivity index (χ0n) is 9.84. The molecule has 0 heterocycles. The van der Waals surface area contributed by atoms with Crippen LogP contribution in [0.4, 0.5) is 0 Å². The van der Waals surface area contributed by atoms with E-state index in [2.05, 4.69) is 0 Å². The lowest BCUT2D eigenvalue weighted by atomic mass is 10.0. The maximum atomic E-state index is 9.13. The minimum atomic E-state index is 0.134. The monoisotopic (exact) mass is 228 g/mol. The number of benzene rings is 2. The van der Waals surface area contributed by atoms with Crippen LogP contribution >= 0.6 is 0 Å². The van der Waals surface area contributed by atoms with Crippen molar-refractivity contribution in [2.45, 2.75) is 12.8 Å². The van der Waals surface area contributed by atoms with Crippen molar-refractivity contribution in [2.75, 3.05) is 6.61 Å². The Labute approximate surface area is 101 Å². The molecule has 2 nitrogen and oxygen atoms in total. The Hall–Kier alpha value is -1.80. The van der Waals surface area contributed by atoms with E-state index >= 15 is 0 Å². The maximum absolute atomic E-state index is 9.13. The fraction of sp³-hybridized carbons (Fsp3) is 0.200. The molecule has 0 spiro atoms. The number of hydrogen-bond acceptors (Lipinski definition) is 2. The van der Waals surface area contributed by atoms with Crippen molar-refractivity contribution in [1.29, 1.82) is 0 Å². The number of aliphatic hydroxyl groups excluding tert-OH is 1. The standard InChI is InChI=1S/C15H16O2/c1-12(11-16)13-6-5-9-15(10-13)17-14-7-3-2-4-8-14/h2-10,12,16H,11H2,1H3. The van der Waals surface area contributed by atoms with Gasteiger partial charge in [-0.25, -0.2) is 0 Å². The van der Waals surface area contributed by atoms with Gasteiger partial charge in [0, 0.05) is 12.5 Å². The average Bonchev–Trinajstić information content (AvgIpc) is 2.39. The Bertz CT molecular complexity index is 465. The third-order valence-electron chi connectivity index (χ3n) is 2.68. The first-order valence-corrected chi connectivity index (χ1v) is 5.73. The van der Waals surface area contributed by atoms with Gasteiger partial charge in [-0.05, 0) is 29.8 Å². The van der Waals surface area contributed by atoms with E-state index in [1.807, 2.05) is 61.5 Å². The third-order valence-corrected chi connectivity index (χ3v) is 2.68. The summed E-state index contributed by atoms with van der Waals surface area (Å²) >= 11 is 0. The van der Waals surface area contributed by atoms with Gasteiger partial charge in [-0.1, -0.05) is 37.3 Å². The summed E-state index contributed by atoms with van der Waals surface area (Å²) < 4.78 is 5.73. The zero-order chi connectivity index (χ0) is 12.1. The van der Waals surface area contributed by atoms with Crippen molar-refractivity contribution in [1.82, 2.24) is 0 Å². The van der Waals surface area contributed by atoms with Gasteiger partial charge in [0.15, 0.2) is 0 Å². The molecule has 0 fully saturated rings. The van der Waals surface area contributed by atoms with Gasteiger partial charge >= 0.3 is 0 Å². The molecule has 0 radical (unpaired) electrons. The van der Waals surface area contributed by atoms with E-state index in [1.54, 1.807) is 0 Å². The molecule has 2 heteroatoms. The second-order valence-electron chi connectivity index (χ2n) is 4.07. The quantitative estimate of drug-likeness (QED) is 0.866. The van der Waals surface area contributed by atoms with Crippen LogP contribution < -0.4 is 4.74 Å². The molecule has 2 aromatic carbocycles. The molecule has 0 aliphatic rings. The molecule has 0 saturated carbocycles. The highest BCUT2D eigenvalue weighted by molar-refractivity contribution is 5.35. The molecule has 0 bridgehead atoms. The largest absolute Gasteiger partial charge is 0.457 e. The molecule has 1 N–H and O–H groups in total. The number of aliphatic hydroxyl groups is 1.